The molecular weight excluding hydrogens is 544 g/mol. The number of aromatic amines is 1. The SMILES string of the molecule is CC.CC.CC.CCC.CCOc1cc2c(cc1OCCOCCNC(=O)OC)-c1[nH]nc(Nc3cccc(C)c3)c1C2. The normalized spacial score (nSPS) is 9.93. The molecule has 0 radical (unpaired) electrons. The summed E-state index contributed by atoms with van der Waals surface area (Å²) in [6.45, 7) is 22.3. The Morgan fingerprint density at radius 2 is 1.60 bits per heavy atom. The second-order valence-electron chi connectivity index (χ2n) is 8.57. The number of carbonyl (C=O) groups is 1. The average Bonchev–Trinajstić information content (AvgIpc) is 3.59. The fraction of sp³-hybridized carbons (Fsp3) is 0.529. The summed E-state index contributed by atoms with van der Waals surface area (Å²) in [5.74, 6) is 2.19. The molecule has 0 saturated carbocycles. The number of benzene rings is 2. The van der Waals surface area contributed by atoms with Gasteiger partial charge < -0.3 is 29.6 Å². The lowest BCUT2D eigenvalue weighted by molar-refractivity contribution is 0.0983. The minimum atomic E-state index is -0.477. The van der Waals surface area contributed by atoms with Crippen molar-refractivity contribution in [2.45, 2.75) is 82.1 Å². The molecular formula is C34H56N4O5. The molecule has 0 saturated heterocycles. The average molecular weight is 601 g/mol. The number of aryl methyl sites for hydroxylation is 1. The number of anilines is 2. The van der Waals surface area contributed by atoms with Crippen LogP contribution in [-0.4, -0.2) is 56.4 Å². The van der Waals surface area contributed by atoms with Gasteiger partial charge in [0, 0.05) is 29.8 Å². The van der Waals surface area contributed by atoms with Crippen molar-refractivity contribution in [1.82, 2.24) is 15.5 Å². The van der Waals surface area contributed by atoms with Crippen LogP contribution in [-0.2, 0) is 15.9 Å². The molecule has 3 aromatic rings. The Bertz CT molecular complexity index is 1160. The first-order valence-corrected chi connectivity index (χ1v) is 15.7. The van der Waals surface area contributed by atoms with Crippen molar-refractivity contribution in [3.05, 3.63) is 53.1 Å². The highest BCUT2D eigenvalue weighted by atomic mass is 16.5. The number of nitrogens with zero attached hydrogens (tertiary/aromatic N) is 1. The number of carbonyl (C=O) groups excluding carboxylic acids is 1. The molecule has 2 aromatic carbocycles. The van der Waals surface area contributed by atoms with Gasteiger partial charge in [-0.15, -0.1) is 0 Å². The van der Waals surface area contributed by atoms with Crippen molar-refractivity contribution in [3.63, 3.8) is 0 Å². The van der Waals surface area contributed by atoms with E-state index in [1.54, 1.807) is 0 Å². The molecule has 1 aliphatic carbocycles. The van der Waals surface area contributed by atoms with Crippen molar-refractivity contribution in [1.29, 1.82) is 0 Å². The number of fused-ring (bicyclic) bond motifs is 3. The Hall–Kier alpha value is -3.72. The standard InChI is InChI=1S/C25H30N4O5.C3H8.3C2H6/c1-4-33-21-14-17-13-20-23(28-29-24(20)27-18-7-5-6-16(2)12-18)19(17)15-22(21)34-11-10-32-9-8-26-25(30)31-3;1-3-2;3*1-2/h5-7,12,14-15H,4,8-11,13H2,1-3H3,(H,26,30)(H2,27,28,29);3H2,1-2H3;3*1-2H3. The van der Waals surface area contributed by atoms with Crippen molar-refractivity contribution in [3.8, 4) is 22.8 Å². The van der Waals surface area contributed by atoms with E-state index in [0.717, 1.165) is 40.3 Å². The number of hydrogen-bond acceptors (Lipinski definition) is 7. The third kappa shape index (κ3) is 13.0. The summed E-state index contributed by atoms with van der Waals surface area (Å²) in [5, 5.41) is 13.7. The maximum atomic E-state index is 11.0. The van der Waals surface area contributed by atoms with E-state index < -0.39 is 6.09 Å². The number of aromatic nitrogens is 2. The molecule has 0 unspecified atom stereocenters. The molecule has 1 heterocycles. The second-order valence-corrected chi connectivity index (χ2v) is 8.57. The van der Waals surface area contributed by atoms with E-state index in [-0.39, 0.29) is 0 Å². The van der Waals surface area contributed by atoms with Crippen molar-refractivity contribution in [2.75, 3.05) is 45.4 Å². The molecule has 0 aliphatic heterocycles. The Morgan fingerprint density at radius 3 is 2.23 bits per heavy atom. The number of ether oxygens (including phenoxy) is 4. The summed E-state index contributed by atoms with van der Waals surface area (Å²) in [6.07, 6.45) is 1.53. The molecule has 0 bridgehead atoms. The quantitative estimate of drug-likeness (QED) is 0.148. The fourth-order valence-electron chi connectivity index (χ4n) is 3.89. The minimum absolute atomic E-state index is 0.354. The van der Waals surface area contributed by atoms with Crippen molar-refractivity contribution in [2.24, 2.45) is 0 Å². The zero-order chi connectivity index (χ0) is 32.6. The van der Waals surface area contributed by atoms with E-state index in [9.17, 15) is 4.79 Å². The van der Waals surface area contributed by atoms with E-state index in [1.807, 2.05) is 72.7 Å². The van der Waals surface area contributed by atoms with Crippen LogP contribution in [0.5, 0.6) is 11.5 Å². The van der Waals surface area contributed by atoms with E-state index >= 15 is 0 Å². The fourth-order valence-corrected chi connectivity index (χ4v) is 3.89. The number of nitrogens with one attached hydrogen (secondary N) is 3. The van der Waals surface area contributed by atoms with Crippen LogP contribution in [0.1, 0.15) is 85.4 Å². The molecule has 1 aliphatic rings. The number of hydrogen-bond donors (Lipinski definition) is 3. The Kier molecular flexibility index (Phi) is 21.7. The van der Waals surface area contributed by atoms with Crippen molar-refractivity contribution >= 4 is 17.6 Å². The van der Waals surface area contributed by atoms with E-state index in [1.165, 1.54) is 19.1 Å². The van der Waals surface area contributed by atoms with Gasteiger partial charge in [0.05, 0.1) is 32.6 Å². The molecule has 9 nitrogen and oxygen atoms in total. The van der Waals surface area contributed by atoms with Crippen LogP contribution in [0, 0.1) is 6.92 Å². The molecule has 0 atom stereocenters. The maximum Gasteiger partial charge on any atom is 0.406 e. The number of H-pyrrole nitrogens is 1. The summed E-state index contributed by atoms with van der Waals surface area (Å²) in [4.78, 5) is 11.0. The number of methoxy groups -OCH3 is 1. The van der Waals surface area contributed by atoms with E-state index in [2.05, 4.69) is 58.5 Å². The highest BCUT2D eigenvalue weighted by molar-refractivity contribution is 5.81. The number of amides is 1. The van der Waals surface area contributed by atoms with Crippen LogP contribution in [0.15, 0.2) is 36.4 Å². The predicted molar refractivity (Wildman–Crippen MR) is 179 cm³/mol. The van der Waals surface area contributed by atoms with Crippen LogP contribution in [0.4, 0.5) is 16.3 Å². The molecule has 9 heteroatoms. The van der Waals surface area contributed by atoms with Crippen LogP contribution in [0.25, 0.3) is 11.3 Å². The second kappa shape index (κ2) is 23.8. The smallest absolute Gasteiger partial charge is 0.406 e. The third-order valence-corrected chi connectivity index (χ3v) is 5.44. The van der Waals surface area contributed by atoms with Gasteiger partial charge in [-0.05, 0) is 49.2 Å². The van der Waals surface area contributed by atoms with Gasteiger partial charge >= 0.3 is 6.09 Å². The monoisotopic (exact) mass is 600 g/mol. The molecule has 1 amide bonds. The van der Waals surface area contributed by atoms with Gasteiger partial charge in [-0.1, -0.05) is 73.9 Å². The first-order valence-electron chi connectivity index (χ1n) is 15.7. The van der Waals surface area contributed by atoms with Crippen LogP contribution < -0.4 is 20.1 Å². The first-order chi connectivity index (χ1) is 21.0. The van der Waals surface area contributed by atoms with E-state index in [4.69, 9.17) is 14.2 Å². The third-order valence-electron chi connectivity index (χ3n) is 5.44. The van der Waals surface area contributed by atoms with Gasteiger partial charge in [-0.25, -0.2) is 4.79 Å². The minimum Gasteiger partial charge on any atom is -0.490 e. The van der Waals surface area contributed by atoms with Gasteiger partial charge in [0.25, 0.3) is 0 Å². The van der Waals surface area contributed by atoms with Crippen LogP contribution in [0.2, 0.25) is 0 Å². The highest BCUT2D eigenvalue weighted by Crippen LogP contribution is 2.44. The highest BCUT2D eigenvalue weighted by Gasteiger charge is 2.27. The van der Waals surface area contributed by atoms with Crippen molar-refractivity contribution < 1.29 is 23.7 Å². The van der Waals surface area contributed by atoms with Gasteiger partial charge in [0.2, 0.25) is 0 Å². The predicted octanol–water partition coefficient (Wildman–Crippen LogP) is 8.68. The molecule has 0 spiro atoms. The molecule has 0 fully saturated rings. The van der Waals surface area contributed by atoms with E-state index in [0.29, 0.717) is 44.5 Å². The largest absolute Gasteiger partial charge is 0.490 e. The summed E-state index contributed by atoms with van der Waals surface area (Å²) < 4.78 is 21.8. The summed E-state index contributed by atoms with van der Waals surface area (Å²) in [7, 11) is 1.32. The summed E-state index contributed by atoms with van der Waals surface area (Å²) in [5.41, 5.74) is 6.53. The van der Waals surface area contributed by atoms with Gasteiger partial charge in [-0.2, -0.15) is 5.10 Å². The Morgan fingerprint density at radius 1 is 0.930 bits per heavy atom. The Balaban J connectivity index is 0.00000178. The molecule has 4 rings (SSSR count). The van der Waals surface area contributed by atoms with Gasteiger partial charge in [0.15, 0.2) is 17.3 Å². The lowest BCUT2D eigenvalue weighted by atomic mass is 10.1. The Labute approximate surface area is 260 Å². The topological polar surface area (TPSA) is 107 Å². The lowest BCUT2D eigenvalue weighted by Crippen LogP contribution is -2.27. The summed E-state index contributed by atoms with van der Waals surface area (Å²) in [6, 6.07) is 12.3. The van der Waals surface area contributed by atoms with Crippen LogP contribution in [0.3, 0.4) is 0 Å². The molecule has 43 heavy (non-hydrogen) atoms. The molecule has 3 N–H and O–H groups in total. The zero-order valence-corrected chi connectivity index (χ0v) is 28.4. The van der Waals surface area contributed by atoms with Gasteiger partial charge in [-0.3, -0.25) is 5.10 Å². The van der Waals surface area contributed by atoms with Crippen LogP contribution >= 0.6 is 0 Å². The number of alkyl carbamates (subject to hydrolysis) is 1. The lowest BCUT2D eigenvalue weighted by Gasteiger charge is -2.14. The first kappa shape index (κ1) is 39.3. The maximum absolute atomic E-state index is 11.0. The van der Waals surface area contributed by atoms with Gasteiger partial charge in [0.1, 0.15) is 6.61 Å². The zero-order valence-electron chi connectivity index (χ0n) is 28.4. The number of rotatable bonds is 11. The molecule has 1 aromatic heterocycles. The molecule has 242 valence electrons. The summed E-state index contributed by atoms with van der Waals surface area (Å²) >= 11 is 0.